The van der Waals surface area contributed by atoms with Gasteiger partial charge in [-0.1, -0.05) is 6.07 Å². The van der Waals surface area contributed by atoms with Crippen LogP contribution < -0.4 is 14.8 Å². The second kappa shape index (κ2) is 5.09. The molecule has 1 saturated heterocycles. The van der Waals surface area contributed by atoms with Crippen molar-refractivity contribution in [3.05, 3.63) is 23.8 Å². The molecule has 1 aliphatic heterocycles. The number of nitrogens with one attached hydrogen (secondary N) is 1. The van der Waals surface area contributed by atoms with Crippen LogP contribution in [0.3, 0.4) is 0 Å². The molecular formula is C16H21NO3. The molecule has 0 aromatic heterocycles. The van der Waals surface area contributed by atoms with Gasteiger partial charge >= 0.3 is 0 Å². The fraction of sp³-hybridized carbons (Fsp3) is 0.562. The molecule has 1 aliphatic carbocycles. The molecule has 3 rings (SSSR count). The van der Waals surface area contributed by atoms with E-state index < -0.39 is 0 Å². The molecule has 4 nitrogen and oxygen atoms in total. The highest BCUT2D eigenvalue weighted by atomic mass is 16.5. The van der Waals surface area contributed by atoms with Crippen LogP contribution in [0.2, 0.25) is 0 Å². The summed E-state index contributed by atoms with van der Waals surface area (Å²) in [6.07, 6.45) is 3.35. The molecule has 0 spiro atoms. The lowest BCUT2D eigenvalue weighted by atomic mass is 9.66. The van der Waals surface area contributed by atoms with Crippen LogP contribution in [0.4, 0.5) is 0 Å². The van der Waals surface area contributed by atoms with E-state index in [0.29, 0.717) is 18.6 Å². The zero-order chi connectivity index (χ0) is 14.2. The van der Waals surface area contributed by atoms with Crippen LogP contribution in [-0.4, -0.2) is 32.6 Å². The molecule has 1 aromatic rings. The summed E-state index contributed by atoms with van der Waals surface area (Å²) in [7, 11) is 3.31. The monoisotopic (exact) mass is 275 g/mol. The second-order valence-electron chi connectivity index (χ2n) is 5.73. The van der Waals surface area contributed by atoms with Gasteiger partial charge in [-0.25, -0.2) is 0 Å². The van der Waals surface area contributed by atoms with Crippen molar-refractivity contribution in [3.8, 4) is 11.5 Å². The third-order valence-corrected chi connectivity index (χ3v) is 4.87. The largest absolute Gasteiger partial charge is 0.493 e. The van der Waals surface area contributed by atoms with Crippen molar-refractivity contribution in [1.82, 2.24) is 5.32 Å². The van der Waals surface area contributed by atoms with Gasteiger partial charge < -0.3 is 14.8 Å². The lowest BCUT2D eigenvalue weighted by molar-refractivity contribution is -0.121. The van der Waals surface area contributed by atoms with Crippen molar-refractivity contribution in [3.63, 3.8) is 0 Å². The summed E-state index contributed by atoms with van der Waals surface area (Å²) in [6, 6.07) is 6.43. The predicted molar refractivity (Wildman–Crippen MR) is 76.5 cm³/mol. The zero-order valence-electron chi connectivity index (χ0n) is 12.1. The summed E-state index contributed by atoms with van der Waals surface area (Å²) in [5.41, 5.74) is 1.34. The number of hydrogen-bond donors (Lipinski definition) is 1. The fourth-order valence-corrected chi connectivity index (χ4v) is 3.73. The van der Waals surface area contributed by atoms with E-state index in [2.05, 4.69) is 17.4 Å². The third-order valence-electron chi connectivity index (χ3n) is 4.87. The number of Topliss-reactive ketones (excluding diaryl/α,β-unsaturated/α-hetero) is 1. The van der Waals surface area contributed by atoms with E-state index >= 15 is 0 Å². The topological polar surface area (TPSA) is 47.6 Å². The number of carbonyl (C=O) groups is 1. The Bertz CT molecular complexity index is 528. The average molecular weight is 275 g/mol. The third kappa shape index (κ3) is 1.99. The maximum Gasteiger partial charge on any atom is 0.161 e. The second-order valence-corrected chi connectivity index (χ2v) is 5.73. The predicted octanol–water partition coefficient (Wildman–Crippen LogP) is 2.06. The maximum absolute atomic E-state index is 11.7. The molecular weight excluding hydrogens is 254 g/mol. The van der Waals surface area contributed by atoms with Crippen LogP contribution in [0.5, 0.6) is 11.5 Å². The van der Waals surface area contributed by atoms with Crippen LogP contribution in [0.1, 0.15) is 31.2 Å². The first-order valence-corrected chi connectivity index (χ1v) is 7.17. The first-order valence-electron chi connectivity index (χ1n) is 7.17. The van der Waals surface area contributed by atoms with E-state index in [1.807, 2.05) is 6.07 Å². The summed E-state index contributed by atoms with van der Waals surface area (Å²) < 4.78 is 10.7. The molecule has 108 valence electrons. The van der Waals surface area contributed by atoms with Gasteiger partial charge in [0, 0.05) is 24.3 Å². The Kier molecular flexibility index (Phi) is 3.42. The Morgan fingerprint density at radius 2 is 2.00 bits per heavy atom. The Morgan fingerprint density at radius 1 is 1.20 bits per heavy atom. The van der Waals surface area contributed by atoms with Crippen molar-refractivity contribution >= 4 is 5.78 Å². The van der Waals surface area contributed by atoms with E-state index in [4.69, 9.17) is 9.47 Å². The van der Waals surface area contributed by atoms with E-state index in [9.17, 15) is 4.79 Å². The van der Waals surface area contributed by atoms with E-state index in [1.165, 1.54) is 5.56 Å². The lowest BCUT2D eigenvalue weighted by Gasteiger charge is -2.39. The molecule has 20 heavy (non-hydrogen) atoms. The average Bonchev–Trinajstić information content (AvgIpc) is 2.90. The van der Waals surface area contributed by atoms with Gasteiger partial charge in [0.05, 0.1) is 14.2 Å². The molecule has 0 amide bonds. The smallest absolute Gasteiger partial charge is 0.161 e. The van der Waals surface area contributed by atoms with Gasteiger partial charge in [0.1, 0.15) is 5.78 Å². The molecule has 1 aromatic carbocycles. The number of methoxy groups -OCH3 is 2. The van der Waals surface area contributed by atoms with Crippen LogP contribution in [-0.2, 0) is 10.2 Å². The van der Waals surface area contributed by atoms with Gasteiger partial charge in [-0.15, -0.1) is 0 Å². The summed E-state index contributed by atoms with van der Waals surface area (Å²) in [5, 5.41) is 3.50. The maximum atomic E-state index is 11.7. The standard InChI is InChI=1S/C16H21NO3/c1-19-13-4-3-11(9-14(13)20-2)16-6-5-12(18)10-15(16)17-8-7-16/h3-4,9,15,17H,5-8,10H2,1-2H3. The zero-order valence-corrected chi connectivity index (χ0v) is 12.1. The number of benzene rings is 1. The highest BCUT2D eigenvalue weighted by Gasteiger charge is 2.47. The highest BCUT2D eigenvalue weighted by molar-refractivity contribution is 5.81. The van der Waals surface area contributed by atoms with Crippen molar-refractivity contribution in [2.24, 2.45) is 0 Å². The Balaban J connectivity index is 2.00. The van der Waals surface area contributed by atoms with Gasteiger partial charge in [-0.2, -0.15) is 0 Å². The van der Waals surface area contributed by atoms with E-state index in [0.717, 1.165) is 30.9 Å². The summed E-state index contributed by atoms with van der Waals surface area (Å²) in [6.45, 7) is 0.978. The quantitative estimate of drug-likeness (QED) is 0.917. The van der Waals surface area contributed by atoms with Crippen LogP contribution in [0, 0.1) is 0 Å². The van der Waals surface area contributed by atoms with Crippen LogP contribution in [0.25, 0.3) is 0 Å². The molecule has 2 unspecified atom stereocenters. The van der Waals surface area contributed by atoms with Crippen molar-refractivity contribution in [1.29, 1.82) is 0 Å². The molecule has 2 fully saturated rings. The molecule has 0 bridgehead atoms. The normalized spacial score (nSPS) is 29.1. The SMILES string of the molecule is COc1ccc(C23CCNC2CC(=O)CC3)cc1OC. The first kappa shape index (κ1) is 13.4. The Hall–Kier alpha value is -1.55. The highest BCUT2D eigenvalue weighted by Crippen LogP contribution is 2.46. The lowest BCUT2D eigenvalue weighted by Crippen LogP contribution is -2.45. The first-order chi connectivity index (χ1) is 9.69. The van der Waals surface area contributed by atoms with E-state index in [1.54, 1.807) is 14.2 Å². The summed E-state index contributed by atoms with van der Waals surface area (Å²) in [5.74, 6) is 1.89. The minimum Gasteiger partial charge on any atom is -0.493 e. The number of ether oxygens (including phenoxy) is 2. The molecule has 1 heterocycles. The van der Waals surface area contributed by atoms with Gasteiger partial charge in [0.25, 0.3) is 0 Å². The number of rotatable bonds is 3. The van der Waals surface area contributed by atoms with Crippen LogP contribution in [0.15, 0.2) is 18.2 Å². The summed E-state index contributed by atoms with van der Waals surface area (Å²) >= 11 is 0. The fourth-order valence-electron chi connectivity index (χ4n) is 3.73. The molecule has 4 heteroatoms. The number of fused-ring (bicyclic) bond motifs is 1. The van der Waals surface area contributed by atoms with Crippen molar-refractivity contribution < 1.29 is 14.3 Å². The number of ketones is 1. The minimum absolute atomic E-state index is 0.0768. The molecule has 2 atom stereocenters. The van der Waals surface area contributed by atoms with Gasteiger partial charge in [-0.3, -0.25) is 4.79 Å². The van der Waals surface area contributed by atoms with E-state index in [-0.39, 0.29) is 11.5 Å². The van der Waals surface area contributed by atoms with Crippen molar-refractivity contribution in [2.45, 2.75) is 37.1 Å². The number of hydrogen-bond acceptors (Lipinski definition) is 4. The molecule has 0 radical (unpaired) electrons. The molecule has 1 saturated carbocycles. The van der Waals surface area contributed by atoms with Crippen LogP contribution >= 0.6 is 0 Å². The minimum atomic E-state index is 0.0768. The van der Waals surface area contributed by atoms with Crippen molar-refractivity contribution in [2.75, 3.05) is 20.8 Å². The Labute approximate surface area is 119 Å². The van der Waals surface area contributed by atoms with Gasteiger partial charge in [0.15, 0.2) is 11.5 Å². The Morgan fingerprint density at radius 3 is 2.75 bits per heavy atom. The van der Waals surface area contributed by atoms with Gasteiger partial charge in [-0.05, 0) is 37.1 Å². The molecule has 1 N–H and O–H groups in total. The van der Waals surface area contributed by atoms with Gasteiger partial charge in [0.2, 0.25) is 0 Å². The molecule has 2 aliphatic rings. The number of carbonyl (C=O) groups excluding carboxylic acids is 1. The summed E-state index contributed by atoms with van der Waals surface area (Å²) in [4.78, 5) is 11.7.